The third kappa shape index (κ3) is 3.65. The van der Waals surface area contributed by atoms with Gasteiger partial charge in [0.2, 0.25) is 0 Å². The lowest BCUT2D eigenvalue weighted by Gasteiger charge is -2.31. The summed E-state index contributed by atoms with van der Waals surface area (Å²) in [4.78, 5) is 2.21. The van der Waals surface area contributed by atoms with Gasteiger partial charge >= 0.3 is 0 Å². The average Bonchev–Trinajstić information content (AvgIpc) is 2.04. The number of nitrogens with zero attached hydrogens (tertiary/aromatic N) is 1. The van der Waals surface area contributed by atoms with Crippen LogP contribution in [-0.4, -0.2) is 38.2 Å². The molecule has 0 aromatic carbocycles. The van der Waals surface area contributed by atoms with Crippen molar-refractivity contribution in [3.63, 3.8) is 0 Å². The van der Waals surface area contributed by atoms with E-state index in [2.05, 4.69) is 11.8 Å². The summed E-state index contributed by atoms with van der Waals surface area (Å²) in [5.74, 6) is 0.477. The molecule has 1 rings (SSSR count). The molecule has 2 atom stereocenters. The first-order valence-electron chi connectivity index (χ1n) is 4.78. The summed E-state index contributed by atoms with van der Waals surface area (Å²) in [5.41, 5.74) is 0. The first-order valence-corrected chi connectivity index (χ1v) is 6.03. The molecule has 1 saturated heterocycles. The summed E-state index contributed by atoms with van der Waals surface area (Å²) >= 11 is 0. The molecule has 1 heterocycles. The van der Waals surface area contributed by atoms with Crippen LogP contribution in [0.5, 0.6) is 0 Å². The molecule has 4 heteroatoms. The fourth-order valence-corrected chi connectivity index (χ4v) is 2.12. The highest BCUT2D eigenvalue weighted by Gasteiger charge is 2.18. The van der Waals surface area contributed by atoms with E-state index in [1.807, 2.05) is 0 Å². The fraction of sp³-hybridized carbons (Fsp3) is 0.889. The average molecular weight is 204 g/mol. The molecule has 0 bridgehead atoms. The molecule has 1 aliphatic heterocycles. The summed E-state index contributed by atoms with van der Waals surface area (Å²) in [6, 6.07) is 0. The lowest BCUT2D eigenvalue weighted by Crippen LogP contribution is -2.39. The van der Waals surface area contributed by atoms with Crippen LogP contribution in [0.2, 0.25) is 0 Å². The van der Waals surface area contributed by atoms with Crippen LogP contribution in [0.25, 0.3) is 0 Å². The van der Waals surface area contributed by atoms with Crippen LogP contribution >= 0.6 is 0 Å². The molecule has 0 saturated carbocycles. The van der Waals surface area contributed by atoms with Crippen molar-refractivity contribution >= 4 is 10.7 Å². The molecule has 0 aromatic rings. The smallest absolute Gasteiger partial charge is 0.143 e. The predicted molar refractivity (Wildman–Crippen MR) is 54.3 cm³/mol. The summed E-state index contributed by atoms with van der Waals surface area (Å²) in [5, 5.41) is -0.222. The van der Waals surface area contributed by atoms with Crippen LogP contribution in [0, 0.1) is 12.8 Å². The third-order valence-electron chi connectivity index (χ3n) is 2.49. The highest BCUT2D eigenvalue weighted by atomic mass is 32.2. The Morgan fingerprint density at radius 1 is 1.62 bits per heavy atom. The molecule has 0 aromatic heterocycles. The number of rotatable bonds is 3. The van der Waals surface area contributed by atoms with Crippen LogP contribution in [0.4, 0.5) is 0 Å². The van der Waals surface area contributed by atoms with Crippen LogP contribution < -0.4 is 0 Å². The van der Waals surface area contributed by atoms with Crippen molar-refractivity contribution in [2.24, 2.45) is 5.92 Å². The zero-order valence-electron chi connectivity index (χ0n) is 8.11. The Bertz CT molecular complexity index is 220. The monoisotopic (exact) mass is 204 g/mol. The van der Waals surface area contributed by atoms with Gasteiger partial charge in [0.05, 0.1) is 5.25 Å². The van der Waals surface area contributed by atoms with E-state index < -0.39 is 10.7 Å². The van der Waals surface area contributed by atoms with Crippen molar-refractivity contribution in [3.8, 4) is 0 Å². The largest absolute Gasteiger partial charge is 0.302 e. The Morgan fingerprint density at radius 3 is 2.85 bits per heavy atom. The quantitative estimate of drug-likeness (QED) is 0.682. The topological polar surface area (TPSA) is 37.4 Å². The van der Waals surface area contributed by atoms with Crippen molar-refractivity contribution in [2.45, 2.75) is 25.0 Å². The molecule has 3 nitrogen and oxygen atoms in total. The number of likely N-dealkylation sites (tertiary alicyclic amines) is 1. The van der Waals surface area contributed by atoms with E-state index in [0.29, 0.717) is 12.5 Å². The second kappa shape index (κ2) is 4.96. The van der Waals surface area contributed by atoms with Crippen LogP contribution in [-0.2, 0) is 10.7 Å². The lowest BCUT2D eigenvalue weighted by atomic mass is 10.0. The summed E-state index contributed by atoms with van der Waals surface area (Å²) in [7, 11) is -2.26. The lowest BCUT2D eigenvalue weighted by molar-refractivity contribution is 0.197. The highest BCUT2D eigenvalue weighted by Crippen LogP contribution is 2.15. The van der Waals surface area contributed by atoms with E-state index >= 15 is 0 Å². The molecule has 0 amide bonds. The van der Waals surface area contributed by atoms with Crippen LogP contribution in [0.15, 0.2) is 0 Å². The van der Waals surface area contributed by atoms with E-state index in [0.717, 1.165) is 19.5 Å². The zero-order valence-corrected chi connectivity index (χ0v) is 9.00. The van der Waals surface area contributed by atoms with Gasteiger partial charge in [0, 0.05) is 13.1 Å². The van der Waals surface area contributed by atoms with Crippen LogP contribution in [0.3, 0.4) is 0 Å². The van der Waals surface area contributed by atoms with Gasteiger partial charge in [-0.05, 0) is 39.2 Å². The van der Waals surface area contributed by atoms with Gasteiger partial charge < -0.3 is 4.90 Å². The second-order valence-corrected chi connectivity index (χ2v) is 5.35. The normalized spacial score (nSPS) is 27.8. The molecular weight excluding hydrogens is 186 g/mol. The van der Waals surface area contributed by atoms with Crippen molar-refractivity contribution in [2.75, 3.05) is 19.6 Å². The highest BCUT2D eigenvalue weighted by molar-refractivity contribution is 7.73. The summed E-state index contributed by atoms with van der Waals surface area (Å²) in [6.45, 7) is 8.42. The van der Waals surface area contributed by atoms with Gasteiger partial charge in [-0.3, -0.25) is 0 Å². The number of piperidine rings is 1. The van der Waals surface area contributed by atoms with E-state index in [9.17, 15) is 8.42 Å². The predicted octanol–water partition coefficient (Wildman–Crippen LogP) is 0.532. The summed E-state index contributed by atoms with van der Waals surface area (Å²) in [6.07, 6.45) is 2.32. The molecule has 0 aliphatic carbocycles. The molecule has 0 spiro atoms. The Morgan fingerprint density at radius 2 is 2.31 bits per heavy atom. The van der Waals surface area contributed by atoms with Crippen LogP contribution in [0.1, 0.15) is 19.8 Å². The van der Waals surface area contributed by atoms with Gasteiger partial charge in [0.15, 0.2) is 0 Å². The minimum atomic E-state index is -2.26. The molecule has 1 fully saturated rings. The van der Waals surface area contributed by atoms with E-state index in [1.54, 1.807) is 6.92 Å². The van der Waals surface area contributed by atoms with Crippen molar-refractivity contribution in [1.29, 1.82) is 0 Å². The molecule has 13 heavy (non-hydrogen) atoms. The van der Waals surface area contributed by atoms with Gasteiger partial charge in [-0.2, -0.15) is 0 Å². The molecular formula is C9H18NO2S. The molecule has 1 radical (unpaired) electrons. The van der Waals surface area contributed by atoms with Crippen molar-refractivity contribution < 1.29 is 8.42 Å². The number of thiol groups is 1. The maximum atomic E-state index is 10.6. The van der Waals surface area contributed by atoms with Gasteiger partial charge in [-0.1, -0.05) is 0 Å². The maximum Gasteiger partial charge on any atom is 0.143 e. The maximum absolute atomic E-state index is 10.6. The van der Waals surface area contributed by atoms with Gasteiger partial charge in [-0.25, -0.2) is 8.42 Å². The van der Waals surface area contributed by atoms with E-state index in [4.69, 9.17) is 0 Å². The first kappa shape index (κ1) is 11.0. The molecule has 2 unspecified atom stereocenters. The second-order valence-electron chi connectivity index (χ2n) is 3.90. The fourth-order valence-electron chi connectivity index (χ4n) is 1.76. The minimum Gasteiger partial charge on any atom is -0.302 e. The van der Waals surface area contributed by atoms with Crippen molar-refractivity contribution in [1.82, 2.24) is 4.90 Å². The number of hydrogen-bond donors (Lipinski definition) is 1. The van der Waals surface area contributed by atoms with E-state index in [-0.39, 0.29) is 5.25 Å². The van der Waals surface area contributed by atoms with Gasteiger partial charge in [-0.15, -0.1) is 0 Å². The molecule has 77 valence electrons. The Labute approximate surface area is 82.1 Å². The van der Waals surface area contributed by atoms with Gasteiger partial charge in [0.1, 0.15) is 10.7 Å². The van der Waals surface area contributed by atoms with E-state index in [1.165, 1.54) is 6.42 Å². The standard InChI is InChI=1S/C9H18NO2S/c1-8-4-3-5-10(6-8)7-9(2)13(11)12/h8-9,13H,1,3-7H2,2H3. The molecule has 0 N–H and O–H groups in total. The number of hydrogen-bond acceptors (Lipinski definition) is 3. The first-order chi connectivity index (χ1) is 6.09. The molecule has 1 aliphatic rings. The van der Waals surface area contributed by atoms with Crippen molar-refractivity contribution in [3.05, 3.63) is 6.92 Å². The Hall–Kier alpha value is -0.0900. The minimum absolute atomic E-state index is 0.222. The Kier molecular flexibility index (Phi) is 4.19. The summed E-state index contributed by atoms with van der Waals surface area (Å²) < 4.78 is 21.3. The van der Waals surface area contributed by atoms with Gasteiger partial charge in [0.25, 0.3) is 0 Å². The SMILES string of the molecule is [CH2]C1CCCN(CC(C)[SH](=O)=O)C1. The Balaban J connectivity index is 2.35. The zero-order chi connectivity index (χ0) is 9.84. The third-order valence-corrected chi connectivity index (χ3v) is 3.37.